The quantitative estimate of drug-likeness (QED) is 0.157. The second-order valence-corrected chi connectivity index (χ2v) is 15.3. The number of furan rings is 1. The maximum Gasteiger partial charge on any atom is 0.164 e. The zero-order chi connectivity index (χ0) is 40.3. The lowest BCUT2D eigenvalue weighted by molar-refractivity contribution is 0.669. The van der Waals surface area contributed by atoms with Crippen LogP contribution in [0.2, 0.25) is 0 Å². The zero-order valence-electron chi connectivity index (χ0n) is 32.8. The third-order valence-electron chi connectivity index (χ3n) is 11.7. The molecular formula is C56H34N4O. The standard InChI is InChI=1S/C56H34N4O/c1-4-16-37(17-5-1)53-46-34-49-52(45-25-13-15-27-48(45)61-49)50(51(46)44-24-12-14-26-47(44)57-53)36-30-28-35(29-31-36)40-32-33-43(42-23-11-10-22-41(40)42)56-59-54(38-18-6-2-7-19-38)58-55(60-56)39-20-8-3-9-21-39/h1-34H. The molecule has 5 heteroatoms. The fraction of sp³-hybridized carbons (Fsp3) is 0. The Bertz CT molecular complexity index is 3560. The molecule has 12 aromatic rings. The molecule has 0 aliphatic heterocycles. The molecule has 0 N–H and O–H groups in total. The van der Waals surface area contributed by atoms with E-state index in [1.807, 2.05) is 72.8 Å². The average Bonchev–Trinajstić information content (AvgIpc) is 3.72. The molecular weight excluding hydrogens is 745 g/mol. The lowest BCUT2D eigenvalue weighted by Crippen LogP contribution is -2.00. The molecule has 0 saturated heterocycles. The largest absolute Gasteiger partial charge is 0.456 e. The smallest absolute Gasteiger partial charge is 0.164 e. The second-order valence-electron chi connectivity index (χ2n) is 15.3. The van der Waals surface area contributed by atoms with E-state index >= 15 is 0 Å². The molecule has 0 radical (unpaired) electrons. The summed E-state index contributed by atoms with van der Waals surface area (Å²) < 4.78 is 6.64. The van der Waals surface area contributed by atoms with E-state index in [1.54, 1.807) is 0 Å². The first-order valence-corrected chi connectivity index (χ1v) is 20.5. The number of pyridine rings is 1. The highest BCUT2D eigenvalue weighted by Gasteiger charge is 2.22. The summed E-state index contributed by atoms with van der Waals surface area (Å²) in [5, 5.41) is 7.70. The first-order chi connectivity index (χ1) is 30.2. The number of rotatable bonds is 6. The van der Waals surface area contributed by atoms with Crippen LogP contribution >= 0.6 is 0 Å². The lowest BCUT2D eigenvalue weighted by atomic mass is 9.88. The summed E-state index contributed by atoms with van der Waals surface area (Å²) in [5.74, 6) is 1.91. The van der Waals surface area contributed by atoms with Gasteiger partial charge in [-0.1, -0.05) is 182 Å². The highest BCUT2D eigenvalue weighted by molar-refractivity contribution is 6.27. The number of hydrogen-bond donors (Lipinski definition) is 0. The van der Waals surface area contributed by atoms with Gasteiger partial charge in [-0.2, -0.15) is 0 Å². The van der Waals surface area contributed by atoms with Crippen molar-refractivity contribution >= 4 is 54.4 Å². The molecule has 3 heterocycles. The van der Waals surface area contributed by atoms with Gasteiger partial charge in [0.05, 0.1) is 11.2 Å². The van der Waals surface area contributed by atoms with E-state index in [2.05, 4.69) is 133 Å². The van der Waals surface area contributed by atoms with Crippen molar-refractivity contribution < 1.29 is 4.42 Å². The zero-order valence-corrected chi connectivity index (χ0v) is 32.8. The maximum absolute atomic E-state index is 6.64. The van der Waals surface area contributed by atoms with Crippen LogP contribution < -0.4 is 0 Å². The molecule has 284 valence electrons. The second kappa shape index (κ2) is 14.2. The number of para-hydroxylation sites is 2. The highest BCUT2D eigenvalue weighted by atomic mass is 16.3. The van der Waals surface area contributed by atoms with E-state index in [0.717, 1.165) is 105 Å². The van der Waals surface area contributed by atoms with Gasteiger partial charge in [-0.15, -0.1) is 0 Å². The van der Waals surface area contributed by atoms with Gasteiger partial charge in [-0.25, -0.2) is 19.9 Å². The van der Waals surface area contributed by atoms with Crippen LogP contribution in [-0.4, -0.2) is 19.9 Å². The first kappa shape index (κ1) is 34.7. The molecule has 0 saturated carbocycles. The maximum atomic E-state index is 6.64. The predicted molar refractivity (Wildman–Crippen MR) is 250 cm³/mol. The number of aromatic nitrogens is 4. The van der Waals surface area contributed by atoms with Gasteiger partial charge in [0, 0.05) is 54.7 Å². The molecule has 0 bridgehead atoms. The van der Waals surface area contributed by atoms with Crippen LogP contribution in [0.5, 0.6) is 0 Å². The van der Waals surface area contributed by atoms with E-state index in [0.29, 0.717) is 17.5 Å². The van der Waals surface area contributed by atoms with Gasteiger partial charge >= 0.3 is 0 Å². The SMILES string of the molecule is c1ccc(-c2nc(-c3ccccc3)nc(-c3ccc(-c4ccc(-c5c6c(cc7c(-c8ccccc8)nc8ccccc8c57)oc5ccccc56)cc4)c4ccccc34)n2)cc1. The normalized spacial score (nSPS) is 11.6. The van der Waals surface area contributed by atoms with Crippen molar-refractivity contribution in [2.24, 2.45) is 0 Å². The molecule has 0 fully saturated rings. The van der Waals surface area contributed by atoms with E-state index in [4.69, 9.17) is 24.4 Å². The van der Waals surface area contributed by atoms with Crippen LogP contribution in [0, 0.1) is 0 Å². The van der Waals surface area contributed by atoms with Gasteiger partial charge in [0.15, 0.2) is 17.5 Å². The van der Waals surface area contributed by atoms with Crippen LogP contribution in [0.3, 0.4) is 0 Å². The minimum Gasteiger partial charge on any atom is -0.456 e. The third-order valence-corrected chi connectivity index (χ3v) is 11.7. The Balaban J connectivity index is 1.05. The lowest BCUT2D eigenvalue weighted by Gasteiger charge is -2.16. The Kier molecular flexibility index (Phi) is 8.10. The topological polar surface area (TPSA) is 64.7 Å². The Morgan fingerprint density at radius 3 is 1.48 bits per heavy atom. The van der Waals surface area contributed by atoms with Crippen LogP contribution in [0.25, 0.3) is 122 Å². The van der Waals surface area contributed by atoms with Gasteiger partial charge in [0.1, 0.15) is 11.2 Å². The van der Waals surface area contributed by atoms with E-state index < -0.39 is 0 Å². The van der Waals surface area contributed by atoms with Gasteiger partial charge in [-0.05, 0) is 51.7 Å². The van der Waals surface area contributed by atoms with Crippen molar-refractivity contribution in [3.63, 3.8) is 0 Å². The summed E-state index contributed by atoms with van der Waals surface area (Å²) in [4.78, 5) is 20.4. The molecule has 0 spiro atoms. The van der Waals surface area contributed by atoms with Crippen molar-refractivity contribution in [3.05, 3.63) is 206 Å². The van der Waals surface area contributed by atoms with Crippen molar-refractivity contribution in [2.75, 3.05) is 0 Å². The van der Waals surface area contributed by atoms with Crippen LogP contribution in [-0.2, 0) is 0 Å². The van der Waals surface area contributed by atoms with Crippen molar-refractivity contribution in [1.82, 2.24) is 19.9 Å². The Morgan fingerprint density at radius 1 is 0.295 bits per heavy atom. The van der Waals surface area contributed by atoms with E-state index in [9.17, 15) is 0 Å². The summed E-state index contributed by atoms with van der Waals surface area (Å²) in [6, 6.07) is 71.6. The molecule has 0 atom stereocenters. The van der Waals surface area contributed by atoms with Gasteiger partial charge in [-0.3, -0.25) is 0 Å². The molecule has 12 rings (SSSR count). The van der Waals surface area contributed by atoms with E-state index in [-0.39, 0.29) is 0 Å². The Morgan fingerprint density at radius 2 is 0.803 bits per heavy atom. The minimum atomic E-state index is 0.634. The molecule has 9 aromatic carbocycles. The monoisotopic (exact) mass is 778 g/mol. The molecule has 0 aliphatic carbocycles. The summed E-state index contributed by atoms with van der Waals surface area (Å²) in [6.45, 7) is 0. The molecule has 3 aromatic heterocycles. The average molecular weight is 779 g/mol. The number of hydrogen-bond acceptors (Lipinski definition) is 5. The number of nitrogens with zero attached hydrogens (tertiary/aromatic N) is 4. The van der Waals surface area contributed by atoms with E-state index in [1.165, 1.54) is 0 Å². The number of fused-ring (bicyclic) bond motifs is 7. The fourth-order valence-corrected chi connectivity index (χ4v) is 8.91. The Labute approximate surface area is 351 Å². The molecule has 0 unspecified atom stereocenters. The third kappa shape index (κ3) is 5.86. The minimum absolute atomic E-state index is 0.634. The fourth-order valence-electron chi connectivity index (χ4n) is 8.91. The van der Waals surface area contributed by atoms with Crippen molar-refractivity contribution in [1.29, 1.82) is 0 Å². The van der Waals surface area contributed by atoms with Crippen molar-refractivity contribution in [3.8, 4) is 67.7 Å². The molecule has 5 nitrogen and oxygen atoms in total. The van der Waals surface area contributed by atoms with Gasteiger partial charge in [0.25, 0.3) is 0 Å². The van der Waals surface area contributed by atoms with Gasteiger partial charge in [0.2, 0.25) is 0 Å². The van der Waals surface area contributed by atoms with Crippen LogP contribution in [0.1, 0.15) is 0 Å². The molecule has 0 amide bonds. The van der Waals surface area contributed by atoms with Crippen LogP contribution in [0.15, 0.2) is 211 Å². The molecule has 61 heavy (non-hydrogen) atoms. The Hall–Kier alpha value is -8.28. The van der Waals surface area contributed by atoms with Gasteiger partial charge < -0.3 is 4.42 Å². The highest BCUT2D eigenvalue weighted by Crippen LogP contribution is 2.47. The number of benzene rings is 9. The molecule has 0 aliphatic rings. The summed E-state index contributed by atoms with van der Waals surface area (Å²) in [5.41, 5.74) is 12.0. The first-order valence-electron chi connectivity index (χ1n) is 20.5. The van der Waals surface area contributed by atoms with Crippen LogP contribution in [0.4, 0.5) is 0 Å². The summed E-state index contributed by atoms with van der Waals surface area (Å²) >= 11 is 0. The summed E-state index contributed by atoms with van der Waals surface area (Å²) in [7, 11) is 0. The predicted octanol–water partition coefficient (Wildman–Crippen LogP) is 14.6. The summed E-state index contributed by atoms with van der Waals surface area (Å²) in [6.07, 6.45) is 0. The van der Waals surface area contributed by atoms with Crippen molar-refractivity contribution in [2.45, 2.75) is 0 Å².